The molecule has 0 bridgehead atoms. The van der Waals surface area contributed by atoms with E-state index >= 15 is 0 Å². The Hall–Kier alpha value is -7.27. The Kier molecular flexibility index (Phi) is 7.42. The third-order valence-corrected chi connectivity index (χ3v) is 10.7. The fourth-order valence-electron chi connectivity index (χ4n) is 6.78. The summed E-state index contributed by atoms with van der Waals surface area (Å²) in [7, 11) is 0. The number of oxazole rings is 1. The van der Waals surface area contributed by atoms with Crippen LogP contribution in [-0.2, 0) is 0 Å². The summed E-state index contributed by atoms with van der Waals surface area (Å²) in [4.78, 5) is 6.23. The number of nitrogens with zero attached hydrogens (tertiary/aromatic N) is 2. The van der Waals surface area contributed by atoms with Gasteiger partial charge in [-0.05, 0) is 117 Å². The first kappa shape index (κ1) is 27.3. The highest BCUT2D eigenvalue weighted by atomic mass is 32.1. The SMILES string of the molecule is [2H]c1c([2H])c(-c2nc3c([2H])c([2H])c([2H])c([2H])c3o2)c([2H])c([2H])c1-c1cc(C(=C)/C=C\C(=C)N(/C=C/C=C(\C=C)c2ccccc2)c2ccccc2)c2c(c1)sc1cc3ccccc3cc12. The number of aromatic nitrogens is 1. The summed E-state index contributed by atoms with van der Waals surface area (Å²) in [6, 6.07) is 32.6. The van der Waals surface area contributed by atoms with Gasteiger partial charge in [-0.3, -0.25) is 0 Å². The number of thiophene rings is 1. The maximum atomic E-state index is 9.29. The number of rotatable bonds is 11. The van der Waals surface area contributed by atoms with Gasteiger partial charge < -0.3 is 9.32 Å². The van der Waals surface area contributed by atoms with E-state index in [9.17, 15) is 2.74 Å². The van der Waals surface area contributed by atoms with Gasteiger partial charge in [0.2, 0.25) is 5.89 Å². The minimum atomic E-state index is -0.513. The highest BCUT2D eigenvalue weighted by Gasteiger charge is 2.16. The van der Waals surface area contributed by atoms with Crippen LogP contribution >= 0.6 is 11.3 Å². The Labute approximate surface area is 347 Å². The van der Waals surface area contributed by atoms with Gasteiger partial charge in [-0.25, -0.2) is 4.98 Å². The van der Waals surface area contributed by atoms with E-state index in [0.29, 0.717) is 16.8 Å². The number of para-hydroxylation sites is 3. The Bertz CT molecular complexity index is 3460. The third kappa shape index (κ3) is 7.18. The molecule has 0 N–H and O–H groups in total. The van der Waals surface area contributed by atoms with Gasteiger partial charge in [0.15, 0.2) is 5.58 Å². The lowest BCUT2D eigenvalue weighted by atomic mass is 9.94. The van der Waals surface area contributed by atoms with Crippen molar-refractivity contribution in [3.05, 3.63) is 231 Å². The Balaban J connectivity index is 1.16. The maximum absolute atomic E-state index is 9.29. The molecule has 272 valence electrons. The van der Waals surface area contributed by atoms with E-state index < -0.39 is 36.3 Å². The molecule has 0 fully saturated rings. The molecular weight excluding hydrogens is 713 g/mol. The molecule has 0 radical (unpaired) electrons. The molecular formula is C53H38N2OS. The molecule has 0 aliphatic carbocycles. The fourth-order valence-corrected chi connectivity index (χ4v) is 7.98. The molecule has 0 unspecified atom stereocenters. The van der Waals surface area contributed by atoms with Crippen LogP contribution in [0.1, 0.15) is 22.1 Å². The number of anilines is 1. The Morgan fingerprint density at radius 2 is 1.42 bits per heavy atom. The fraction of sp³-hybridized carbons (Fsp3) is 0. The molecule has 9 aromatic rings. The van der Waals surface area contributed by atoms with E-state index in [4.69, 9.17) is 12.6 Å². The highest BCUT2D eigenvalue weighted by Crippen LogP contribution is 2.43. The lowest BCUT2D eigenvalue weighted by molar-refractivity contribution is 0.620. The molecule has 4 heteroatoms. The van der Waals surface area contributed by atoms with Gasteiger partial charge in [-0.2, -0.15) is 0 Å². The number of allylic oxidation sites excluding steroid dienone is 7. The van der Waals surface area contributed by atoms with Crippen molar-refractivity contribution in [2.24, 2.45) is 0 Å². The molecule has 0 spiro atoms. The highest BCUT2D eigenvalue weighted by molar-refractivity contribution is 7.26. The first-order valence-electron chi connectivity index (χ1n) is 22.2. The van der Waals surface area contributed by atoms with Crippen LogP contribution in [0.4, 0.5) is 5.69 Å². The normalized spacial score (nSPS) is 14.0. The first-order chi connectivity index (χ1) is 31.4. The van der Waals surface area contributed by atoms with Gasteiger partial charge in [0.25, 0.3) is 0 Å². The molecule has 2 aromatic heterocycles. The molecule has 0 atom stereocenters. The molecule has 2 heterocycles. The van der Waals surface area contributed by atoms with E-state index in [1.165, 1.54) is 0 Å². The summed E-state index contributed by atoms with van der Waals surface area (Å²) in [6.07, 6.45) is 11.5. The second-order valence-corrected chi connectivity index (χ2v) is 14.3. The minimum Gasteiger partial charge on any atom is -0.436 e. The predicted molar refractivity (Wildman–Crippen MR) is 245 cm³/mol. The lowest BCUT2D eigenvalue weighted by Crippen LogP contribution is -2.12. The van der Waals surface area contributed by atoms with Crippen LogP contribution in [0.25, 0.3) is 75.8 Å². The van der Waals surface area contributed by atoms with Crippen molar-refractivity contribution in [2.45, 2.75) is 0 Å². The summed E-state index contributed by atoms with van der Waals surface area (Å²) in [6.45, 7) is 13.0. The maximum Gasteiger partial charge on any atom is 0.227 e. The van der Waals surface area contributed by atoms with Crippen LogP contribution in [0.3, 0.4) is 0 Å². The van der Waals surface area contributed by atoms with E-state index in [1.54, 1.807) is 11.3 Å². The summed E-state index contributed by atoms with van der Waals surface area (Å²) in [5, 5.41) is 4.09. The van der Waals surface area contributed by atoms with Crippen LogP contribution in [0.5, 0.6) is 0 Å². The molecule has 0 aliphatic rings. The van der Waals surface area contributed by atoms with Crippen LogP contribution in [0.2, 0.25) is 0 Å². The van der Waals surface area contributed by atoms with Crippen LogP contribution < -0.4 is 4.90 Å². The topological polar surface area (TPSA) is 29.3 Å². The van der Waals surface area contributed by atoms with Crippen LogP contribution in [-0.4, -0.2) is 4.98 Å². The number of hydrogen-bond acceptors (Lipinski definition) is 4. The van der Waals surface area contributed by atoms with Gasteiger partial charge >= 0.3 is 0 Å². The van der Waals surface area contributed by atoms with Gasteiger partial charge in [-0.1, -0.05) is 135 Å². The Morgan fingerprint density at radius 1 is 0.719 bits per heavy atom. The van der Waals surface area contributed by atoms with Crippen LogP contribution in [0, 0.1) is 0 Å². The number of hydrogen-bond donors (Lipinski definition) is 0. The van der Waals surface area contributed by atoms with Crippen molar-refractivity contribution < 1.29 is 15.4 Å². The van der Waals surface area contributed by atoms with Gasteiger partial charge in [0, 0.05) is 43.3 Å². The molecule has 3 nitrogen and oxygen atoms in total. The lowest BCUT2D eigenvalue weighted by Gasteiger charge is -2.21. The zero-order chi connectivity index (χ0) is 45.7. The molecule has 7 aromatic carbocycles. The summed E-state index contributed by atoms with van der Waals surface area (Å²) in [5.74, 6) is -0.338. The van der Waals surface area contributed by atoms with Gasteiger partial charge in [0.1, 0.15) is 5.52 Å². The van der Waals surface area contributed by atoms with Gasteiger partial charge in [-0.15, -0.1) is 11.3 Å². The van der Waals surface area contributed by atoms with E-state index in [1.807, 2.05) is 126 Å². The molecule has 0 amide bonds. The molecule has 0 saturated heterocycles. The van der Waals surface area contributed by atoms with Crippen molar-refractivity contribution >= 4 is 70.2 Å². The van der Waals surface area contributed by atoms with Crippen molar-refractivity contribution in [3.63, 3.8) is 0 Å². The standard InChI is InChI=1S/C53H38N2OS/c1-4-38(39-16-7-5-8-17-39)20-15-31-55(45-21-9-6-10-22-45)37(3)26-25-36(2)46-33-44(35-51-52(46)47-32-42-18-11-12-19-43(42)34-50(47)57-51)40-27-29-41(30-28-40)53-54-48-23-13-14-24-49(48)56-53/h4-35H,1-3H2/b26-25-,31-15+,38-20+/i13D,14D,23D,24D,27D,28D,29D,30D. The average Bonchev–Trinajstić information content (AvgIpc) is 3.93. The first-order valence-corrected chi connectivity index (χ1v) is 19.0. The smallest absolute Gasteiger partial charge is 0.227 e. The summed E-state index contributed by atoms with van der Waals surface area (Å²) in [5.41, 5.74) is 4.73. The van der Waals surface area contributed by atoms with E-state index in [-0.39, 0.29) is 40.2 Å². The average molecular weight is 759 g/mol. The van der Waals surface area contributed by atoms with Crippen molar-refractivity contribution in [3.8, 4) is 22.6 Å². The summed E-state index contributed by atoms with van der Waals surface area (Å²) < 4.78 is 77.3. The summed E-state index contributed by atoms with van der Waals surface area (Å²) >= 11 is 1.56. The third-order valence-electron chi connectivity index (χ3n) is 9.62. The minimum absolute atomic E-state index is 0.0545. The van der Waals surface area contributed by atoms with Crippen LogP contribution in [0.15, 0.2) is 224 Å². The monoisotopic (exact) mass is 758 g/mol. The molecule has 9 rings (SSSR count). The number of benzene rings is 7. The predicted octanol–water partition coefficient (Wildman–Crippen LogP) is 15.1. The van der Waals surface area contributed by atoms with Crippen molar-refractivity contribution in [2.75, 3.05) is 4.90 Å². The molecule has 0 aliphatic heterocycles. The van der Waals surface area contributed by atoms with E-state index in [0.717, 1.165) is 53.3 Å². The molecule has 0 saturated carbocycles. The quantitative estimate of drug-likeness (QED) is 0.123. The zero-order valence-electron chi connectivity index (χ0n) is 38.7. The van der Waals surface area contributed by atoms with E-state index in [2.05, 4.69) is 49.0 Å². The van der Waals surface area contributed by atoms with Gasteiger partial charge in [0.05, 0.1) is 11.0 Å². The second kappa shape index (κ2) is 15.5. The number of fused-ring (bicyclic) bond motifs is 5. The largest absolute Gasteiger partial charge is 0.436 e. The Morgan fingerprint density at radius 3 is 2.19 bits per heavy atom. The second-order valence-electron chi connectivity index (χ2n) is 13.2. The molecule has 57 heavy (non-hydrogen) atoms. The van der Waals surface area contributed by atoms with Crippen molar-refractivity contribution in [1.82, 2.24) is 4.98 Å². The van der Waals surface area contributed by atoms with Crippen molar-refractivity contribution in [1.29, 1.82) is 0 Å². The zero-order valence-corrected chi connectivity index (χ0v) is 31.5.